The van der Waals surface area contributed by atoms with Crippen molar-refractivity contribution in [3.63, 3.8) is 0 Å². The molecule has 1 aliphatic heterocycles. The highest BCUT2D eigenvalue weighted by atomic mass is 16.5. The van der Waals surface area contributed by atoms with Crippen molar-refractivity contribution >= 4 is 11.7 Å². The number of carbonyl (C=O) groups excluding carboxylic acids is 1. The molecule has 126 valence electrons. The van der Waals surface area contributed by atoms with E-state index < -0.39 is 0 Å². The van der Waals surface area contributed by atoms with Crippen molar-refractivity contribution in [3.05, 3.63) is 47.4 Å². The van der Waals surface area contributed by atoms with Crippen LogP contribution in [-0.4, -0.2) is 34.4 Å². The Hall–Kier alpha value is -2.63. The van der Waals surface area contributed by atoms with Crippen LogP contribution in [0.5, 0.6) is 5.75 Å². The lowest BCUT2D eigenvalue weighted by Crippen LogP contribution is -2.44. The predicted molar refractivity (Wildman–Crippen MR) is 91.8 cm³/mol. The molecule has 1 amide bonds. The maximum atomic E-state index is 11.6. The van der Waals surface area contributed by atoms with Crippen LogP contribution in [0.4, 0.5) is 5.82 Å². The molecule has 3 rings (SSSR count). The Morgan fingerprint density at radius 2 is 2.17 bits per heavy atom. The first-order valence-corrected chi connectivity index (χ1v) is 8.07. The van der Waals surface area contributed by atoms with E-state index in [0.717, 1.165) is 35.8 Å². The number of carbonyl (C=O) groups is 1. The SMILES string of the molecule is COc1ccccc1CNc1cc([C@@H]2CCN2C(C)=O)nc(C)n1. The lowest BCUT2D eigenvalue weighted by molar-refractivity contribution is -0.136. The van der Waals surface area contributed by atoms with E-state index in [-0.39, 0.29) is 11.9 Å². The first-order valence-electron chi connectivity index (χ1n) is 8.07. The Morgan fingerprint density at radius 3 is 2.83 bits per heavy atom. The first kappa shape index (κ1) is 16.2. The molecule has 1 N–H and O–H groups in total. The molecule has 1 aromatic heterocycles. The summed E-state index contributed by atoms with van der Waals surface area (Å²) in [5, 5.41) is 3.33. The number of benzene rings is 1. The largest absolute Gasteiger partial charge is 0.496 e. The third-order valence-electron chi connectivity index (χ3n) is 4.28. The summed E-state index contributed by atoms with van der Waals surface area (Å²) in [4.78, 5) is 22.4. The first-order chi connectivity index (χ1) is 11.6. The number of para-hydroxylation sites is 1. The van der Waals surface area contributed by atoms with E-state index in [0.29, 0.717) is 12.4 Å². The summed E-state index contributed by atoms with van der Waals surface area (Å²) in [5.41, 5.74) is 1.96. The van der Waals surface area contributed by atoms with Gasteiger partial charge in [-0.15, -0.1) is 0 Å². The van der Waals surface area contributed by atoms with Crippen LogP contribution in [0.15, 0.2) is 30.3 Å². The lowest BCUT2D eigenvalue weighted by atomic mass is 9.99. The number of nitrogens with zero attached hydrogens (tertiary/aromatic N) is 3. The molecule has 1 atom stereocenters. The molecular formula is C18H22N4O2. The van der Waals surface area contributed by atoms with Crippen LogP contribution in [0.2, 0.25) is 0 Å². The van der Waals surface area contributed by atoms with Crippen molar-refractivity contribution in [2.24, 2.45) is 0 Å². The fourth-order valence-corrected chi connectivity index (χ4v) is 2.96. The fourth-order valence-electron chi connectivity index (χ4n) is 2.96. The van der Waals surface area contributed by atoms with Crippen LogP contribution >= 0.6 is 0 Å². The molecule has 1 saturated heterocycles. The highest BCUT2D eigenvalue weighted by molar-refractivity contribution is 5.74. The van der Waals surface area contributed by atoms with Crippen molar-refractivity contribution in [3.8, 4) is 5.75 Å². The minimum absolute atomic E-state index is 0.0658. The summed E-state index contributed by atoms with van der Waals surface area (Å²) in [7, 11) is 1.67. The lowest BCUT2D eigenvalue weighted by Gasteiger charge is -2.40. The van der Waals surface area contributed by atoms with Gasteiger partial charge in [-0.3, -0.25) is 4.79 Å². The smallest absolute Gasteiger partial charge is 0.220 e. The van der Waals surface area contributed by atoms with Gasteiger partial charge < -0.3 is 15.0 Å². The average Bonchev–Trinajstić information content (AvgIpc) is 2.51. The number of methoxy groups -OCH3 is 1. The highest BCUT2D eigenvalue weighted by Crippen LogP contribution is 2.33. The highest BCUT2D eigenvalue weighted by Gasteiger charge is 2.32. The number of ether oxygens (including phenoxy) is 1. The summed E-state index contributed by atoms with van der Waals surface area (Å²) < 4.78 is 5.37. The van der Waals surface area contributed by atoms with Crippen LogP contribution in [0, 0.1) is 6.92 Å². The number of amides is 1. The Bertz CT molecular complexity index is 748. The minimum atomic E-state index is 0.0658. The second-order valence-corrected chi connectivity index (χ2v) is 5.91. The molecule has 0 spiro atoms. The standard InChI is InChI=1S/C18H22N4O2/c1-12-20-15(16-8-9-22(16)13(2)23)10-18(21-12)19-11-14-6-4-5-7-17(14)24-3/h4-7,10,16H,8-9,11H2,1-3H3,(H,19,20,21)/t16-/m0/s1. The van der Waals surface area contributed by atoms with Gasteiger partial charge in [0.15, 0.2) is 0 Å². The zero-order valence-corrected chi connectivity index (χ0v) is 14.2. The molecular weight excluding hydrogens is 304 g/mol. The molecule has 0 bridgehead atoms. The van der Waals surface area contributed by atoms with Gasteiger partial charge in [-0.1, -0.05) is 18.2 Å². The van der Waals surface area contributed by atoms with E-state index in [1.165, 1.54) is 0 Å². The van der Waals surface area contributed by atoms with Crippen LogP contribution in [-0.2, 0) is 11.3 Å². The number of aromatic nitrogens is 2. The van der Waals surface area contributed by atoms with Gasteiger partial charge in [0.05, 0.1) is 18.8 Å². The quantitative estimate of drug-likeness (QED) is 0.915. The molecule has 2 heterocycles. The summed E-state index contributed by atoms with van der Waals surface area (Å²) in [6.45, 7) is 4.88. The Morgan fingerprint density at radius 1 is 1.38 bits per heavy atom. The molecule has 1 aromatic carbocycles. The van der Waals surface area contributed by atoms with Gasteiger partial charge in [0.1, 0.15) is 17.4 Å². The molecule has 0 aliphatic carbocycles. The van der Waals surface area contributed by atoms with Gasteiger partial charge in [0.2, 0.25) is 5.91 Å². The number of nitrogens with one attached hydrogen (secondary N) is 1. The van der Waals surface area contributed by atoms with Gasteiger partial charge in [0, 0.05) is 31.6 Å². The van der Waals surface area contributed by atoms with Crippen molar-refractivity contribution < 1.29 is 9.53 Å². The number of likely N-dealkylation sites (tertiary alicyclic amines) is 1. The minimum Gasteiger partial charge on any atom is -0.496 e. The monoisotopic (exact) mass is 326 g/mol. The van der Waals surface area contributed by atoms with Crippen LogP contribution in [0.3, 0.4) is 0 Å². The van der Waals surface area contributed by atoms with Gasteiger partial charge in [-0.25, -0.2) is 9.97 Å². The molecule has 0 unspecified atom stereocenters. The molecule has 6 nitrogen and oxygen atoms in total. The van der Waals surface area contributed by atoms with E-state index in [2.05, 4.69) is 15.3 Å². The predicted octanol–water partition coefficient (Wildman–Crippen LogP) is 2.70. The van der Waals surface area contributed by atoms with E-state index in [4.69, 9.17) is 4.74 Å². The molecule has 1 fully saturated rings. The fraction of sp³-hybridized carbons (Fsp3) is 0.389. The topological polar surface area (TPSA) is 67.3 Å². The van der Waals surface area contributed by atoms with Gasteiger partial charge in [-0.2, -0.15) is 0 Å². The Labute approximate surface area is 141 Å². The average molecular weight is 326 g/mol. The molecule has 1 aliphatic rings. The number of aryl methyl sites for hydroxylation is 1. The second-order valence-electron chi connectivity index (χ2n) is 5.91. The molecule has 6 heteroatoms. The summed E-state index contributed by atoms with van der Waals surface area (Å²) in [5.74, 6) is 2.40. The van der Waals surface area contributed by atoms with Crippen molar-refractivity contribution in [2.75, 3.05) is 19.0 Å². The summed E-state index contributed by atoms with van der Waals surface area (Å²) in [6.07, 6.45) is 0.946. The maximum absolute atomic E-state index is 11.6. The Kier molecular flexibility index (Phi) is 4.64. The van der Waals surface area contributed by atoms with Crippen LogP contribution < -0.4 is 10.1 Å². The van der Waals surface area contributed by atoms with E-state index in [1.54, 1.807) is 14.0 Å². The number of anilines is 1. The normalized spacial score (nSPS) is 16.5. The van der Waals surface area contributed by atoms with Gasteiger partial charge in [0.25, 0.3) is 0 Å². The summed E-state index contributed by atoms with van der Waals surface area (Å²) in [6, 6.07) is 9.88. The van der Waals surface area contributed by atoms with Crippen LogP contribution in [0.1, 0.15) is 36.5 Å². The maximum Gasteiger partial charge on any atom is 0.220 e. The van der Waals surface area contributed by atoms with Crippen molar-refractivity contribution in [2.45, 2.75) is 32.9 Å². The van der Waals surface area contributed by atoms with Crippen molar-refractivity contribution in [1.29, 1.82) is 0 Å². The molecule has 0 radical (unpaired) electrons. The van der Waals surface area contributed by atoms with Gasteiger partial charge >= 0.3 is 0 Å². The Balaban J connectivity index is 1.76. The number of hydrogen-bond donors (Lipinski definition) is 1. The number of rotatable bonds is 5. The molecule has 2 aromatic rings. The van der Waals surface area contributed by atoms with Crippen LogP contribution in [0.25, 0.3) is 0 Å². The van der Waals surface area contributed by atoms with Crippen molar-refractivity contribution in [1.82, 2.24) is 14.9 Å². The zero-order chi connectivity index (χ0) is 17.1. The third-order valence-corrected chi connectivity index (χ3v) is 4.28. The van der Waals surface area contributed by atoms with E-state index >= 15 is 0 Å². The summed E-state index contributed by atoms with van der Waals surface area (Å²) >= 11 is 0. The van der Waals surface area contributed by atoms with Gasteiger partial charge in [-0.05, 0) is 19.4 Å². The molecule has 0 saturated carbocycles. The van der Waals surface area contributed by atoms with E-state index in [9.17, 15) is 4.79 Å². The number of hydrogen-bond acceptors (Lipinski definition) is 5. The zero-order valence-electron chi connectivity index (χ0n) is 14.2. The second kappa shape index (κ2) is 6.86. The third kappa shape index (κ3) is 3.32. The van der Waals surface area contributed by atoms with E-state index in [1.807, 2.05) is 42.2 Å². The molecule has 24 heavy (non-hydrogen) atoms.